The molecule has 0 saturated heterocycles. The number of hydrogen-bond acceptors (Lipinski definition) is 2. The van der Waals surface area contributed by atoms with E-state index in [4.69, 9.17) is 0 Å². The Bertz CT molecular complexity index is 380. The molecule has 0 aliphatic rings. The normalized spacial score (nSPS) is 10.5. The van der Waals surface area contributed by atoms with E-state index in [2.05, 4.69) is 6.92 Å². The molecule has 0 saturated carbocycles. The number of unbranched alkanes of at least 4 members (excludes halogenated alkanes) is 1. The van der Waals surface area contributed by atoms with Crippen LogP contribution in [0.2, 0.25) is 0 Å². The van der Waals surface area contributed by atoms with Crippen molar-refractivity contribution in [2.45, 2.75) is 40.0 Å². The fourth-order valence-electron chi connectivity index (χ4n) is 1.64. The van der Waals surface area contributed by atoms with E-state index in [1.807, 2.05) is 6.92 Å². The molecule has 0 atom stereocenters. The van der Waals surface area contributed by atoms with E-state index in [1.165, 1.54) is 6.07 Å². The first-order chi connectivity index (χ1) is 6.57. The first kappa shape index (κ1) is 10.8. The SMILES string of the molecule is CCCCc1c(C)cc(=O)n(O)c1C. The zero-order chi connectivity index (χ0) is 10.7. The highest BCUT2D eigenvalue weighted by Crippen LogP contribution is 2.13. The third-order valence-electron chi connectivity index (χ3n) is 2.56. The van der Waals surface area contributed by atoms with E-state index in [1.54, 1.807) is 6.92 Å². The highest BCUT2D eigenvalue weighted by Gasteiger charge is 2.08. The lowest BCUT2D eigenvalue weighted by Crippen LogP contribution is -2.21. The number of pyridine rings is 1. The van der Waals surface area contributed by atoms with Crippen LogP contribution in [0.15, 0.2) is 10.9 Å². The number of aryl methyl sites for hydroxylation is 1. The molecule has 0 radical (unpaired) electrons. The minimum Gasteiger partial charge on any atom is -0.425 e. The Kier molecular flexibility index (Phi) is 3.33. The zero-order valence-corrected chi connectivity index (χ0v) is 9.00. The van der Waals surface area contributed by atoms with E-state index in [9.17, 15) is 10.0 Å². The molecule has 1 rings (SSSR count). The first-order valence-corrected chi connectivity index (χ1v) is 4.99. The summed E-state index contributed by atoms with van der Waals surface area (Å²) in [5.74, 6) is 0. The van der Waals surface area contributed by atoms with Crippen LogP contribution in [0.3, 0.4) is 0 Å². The second kappa shape index (κ2) is 4.31. The molecule has 0 unspecified atom stereocenters. The molecule has 1 aromatic heterocycles. The van der Waals surface area contributed by atoms with Gasteiger partial charge < -0.3 is 5.21 Å². The molecule has 14 heavy (non-hydrogen) atoms. The molecule has 0 aromatic carbocycles. The van der Waals surface area contributed by atoms with Gasteiger partial charge in [0.2, 0.25) is 0 Å². The Balaban J connectivity index is 3.15. The van der Waals surface area contributed by atoms with Crippen LogP contribution in [-0.2, 0) is 6.42 Å². The third-order valence-corrected chi connectivity index (χ3v) is 2.56. The Morgan fingerprint density at radius 3 is 2.64 bits per heavy atom. The van der Waals surface area contributed by atoms with Crippen molar-refractivity contribution < 1.29 is 5.21 Å². The van der Waals surface area contributed by atoms with Gasteiger partial charge in [-0.05, 0) is 37.8 Å². The summed E-state index contributed by atoms with van der Waals surface area (Å²) >= 11 is 0. The fraction of sp³-hybridized carbons (Fsp3) is 0.545. The van der Waals surface area contributed by atoms with Crippen LogP contribution in [0.25, 0.3) is 0 Å². The van der Waals surface area contributed by atoms with Crippen molar-refractivity contribution in [2.75, 3.05) is 0 Å². The molecule has 3 heteroatoms. The van der Waals surface area contributed by atoms with Crippen LogP contribution < -0.4 is 5.56 Å². The predicted molar refractivity (Wildman–Crippen MR) is 56.0 cm³/mol. The van der Waals surface area contributed by atoms with Crippen LogP contribution in [0.1, 0.15) is 36.6 Å². The predicted octanol–water partition coefficient (Wildman–Crippen LogP) is 2.05. The lowest BCUT2D eigenvalue weighted by atomic mass is 10.0. The Morgan fingerprint density at radius 1 is 1.43 bits per heavy atom. The van der Waals surface area contributed by atoms with Gasteiger partial charge in [-0.1, -0.05) is 13.3 Å². The molecule has 0 aliphatic carbocycles. The highest BCUT2D eigenvalue weighted by molar-refractivity contribution is 5.28. The quantitative estimate of drug-likeness (QED) is 0.750. The number of nitrogens with zero attached hydrogens (tertiary/aromatic N) is 1. The molecule has 0 amide bonds. The molecule has 78 valence electrons. The molecule has 0 bridgehead atoms. The topological polar surface area (TPSA) is 42.2 Å². The molecule has 1 N–H and O–H groups in total. The van der Waals surface area contributed by atoms with E-state index in [0.717, 1.165) is 35.1 Å². The van der Waals surface area contributed by atoms with Crippen LogP contribution in [0.5, 0.6) is 0 Å². The van der Waals surface area contributed by atoms with Crippen LogP contribution in [0.4, 0.5) is 0 Å². The van der Waals surface area contributed by atoms with Crippen LogP contribution in [0, 0.1) is 13.8 Å². The van der Waals surface area contributed by atoms with Gasteiger partial charge in [0.05, 0.1) is 5.69 Å². The summed E-state index contributed by atoms with van der Waals surface area (Å²) in [6.07, 6.45) is 3.12. The van der Waals surface area contributed by atoms with E-state index >= 15 is 0 Å². The fourth-order valence-corrected chi connectivity index (χ4v) is 1.64. The van der Waals surface area contributed by atoms with Crippen LogP contribution in [-0.4, -0.2) is 9.94 Å². The lowest BCUT2D eigenvalue weighted by molar-refractivity contribution is 0.167. The summed E-state index contributed by atoms with van der Waals surface area (Å²) in [7, 11) is 0. The maximum absolute atomic E-state index is 11.2. The summed E-state index contributed by atoms with van der Waals surface area (Å²) in [4.78, 5) is 11.2. The largest absolute Gasteiger partial charge is 0.425 e. The smallest absolute Gasteiger partial charge is 0.283 e. The van der Waals surface area contributed by atoms with Crippen molar-refractivity contribution >= 4 is 0 Å². The van der Waals surface area contributed by atoms with Gasteiger partial charge in [0.1, 0.15) is 0 Å². The second-order valence-corrected chi connectivity index (χ2v) is 3.64. The average Bonchev–Trinajstić information content (AvgIpc) is 2.14. The van der Waals surface area contributed by atoms with E-state index in [-0.39, 0.29) is 5.56 Å². The maximum atomic E-state index is 11.2. The Hall–Kier alpha value is -1.25. The van der Waals surface area contributed by atoms with Gasteiger partial charge in [-0.2, -0.15) is 4.73 Å². The summed E-state index contributed by atoms with van der Waals surface area (Å²) in [5.41, 5.74) is 2.39. The minimum absolute atomic E-state index is 0.347. The summed E-state index contributed by atoms with van der Waals surface area (Å²) in [6, 6.07) is 1.48. The number of rotatable bonds is 3. The van der Waals surface area contributed by atoms with Crippen molar-refractivity contribution in [3.05, 3.63) is 33.2 Å². The zero-order valence-electron chi connectivity index (χ0n) is 9.00. The van der Waals surface area contributed by atoms with Gasteiger partial charge in [-0.25, -0.2) is 0 Å². The monoisotopic (exact) mass is 195 g/mol. The third kappa shape index (κ3) is 1.97. The van der Waals surface area contributed by atoms with Crippen LogP contribution >= 0.6 is 0 Å². The Morgan fingerprint density at radius 2 is 2.07 bits per heavy atom. The standard InChI is InChI=1S/C11H17NO2/c1-4-5-6-10-8(2)7-11(13)12(14)9(10)3/h7,14H,4-6H2,1-3H3. The van der Waals surface area contributed by atoms with Gasteiger partial charge >= 0.3 is 0 Å². The van der Waals surface area contributed by atoms with Crippen molar-refractivity contribution in [3.63, 3.8) is 0 Å². The second-order valence-electron chi connectivity index (χ2n) is 3.64. The van der Waals surface area contributed by atoms with Crippen molar-refractivity contribution in [3.8, 4) is 0 Å². The van der Waals surface area contributed by atoms with Gasteiger partial charge in [-0.15, -0.1) is 0 Å². The molecule has 0 fully saturated rings. The molecule has 0 aliphatic heterocycles. The molecular formula is C11H17NO2. The van der Waals surface area contributed by atoms with Gasteiger partial charge in [0, 0.05) is 6.07 Å². The Labute approximate surface area is 84.0 Å². The van der Waals surface area contributed by atoms with E-state index < -0.39 is 0 Å². The van der Waals surface area contributed by atoms with Gasteiger partial charge in [0.15, 0.2) is 0 Å². The first-order valence-electron chi connectivity index (χ1n) is 4.99. The minimum atomic E-state index is -0.347. The number of hydrogen-bond donors (Lipinski definition) is 1. The molecule has 1 heterocycles. The van der Waals surface area contributed by atoms with Gasteiger partial charge in [-0.3, -0.25) is 4.79 Å². The van der Waals surface area contributed by atoms with Crippen molar-refractivity contribution in [2.24, 2.45) is 0 Å². The molecule has 1 aromatic rings. The number of aromatic nitrogens is 1. The summed E-state index contributed by atoms with van der Waals surface area (Å²) < 4.78 is 0.734. The van der Waals surface area contributed by atoms with Crippen molar-refractivity contribution in [1.82, 2.24) is 4.73 Å². The molecular weight excluding hydrogens is 178 g/mol. The highest BCUT2D eigenvalue weighted by atomic mass is 16.5. The maximum Gasteiger partial charge on any atom is 0.283 e. The molecule has 3 nitrogen and oxygen atoms in total. The summed E-state index contributed by atoms with van der Waals surface area (Å²) in [5, 5.41) is 9.42. The average molecular weight is 195 g/mol. The summed E-state index contributed by atoms with van der Waals surface area (Å²) in [6.45, 7) is 5.82. The van der Waals surface area contributed by atoms with Crippen molar-refractivity contribution in [1.29, 1.82) is 0 Å². The van der Waals surface area contributed by atoms with E-state index in [0.29, 0.717) is 5.69 Å². The lowest BCUT2D eigenvalue weighted by Gasteiger charge is -2.11. The van der Waals surface area contributed by atoms with Gasteiger partial charge in [0.25, 0.3) is 5.56 Å². The molecule has 0 spiro atoms.